The summed E-state index contributed by atoms with van der Waals surface area (Å²) in [6, 6.07) is -0.563. The van der Waals surface area contributed by atoms with Crippen LogP contribution >= 0.6 is 0 Å². The van der Waals surface area contributed by atoms with Crippen LogP contribution in [0.3, 0.4) is 0 Å². The Morgan fingerprint density at radius 3 is 2.73 bits per heavy atom. The standard InChI is InChI=1S/C28H30F3NO5/c1-4-26(2,3)24-10-17-9-16(20(29)13-21(17)32(24)14-19(34)15-33)11-25(35)27(7-8-27)18-5-6-22-23(12-18)37-28(30,31)36-22/h5-6,9-10,12-13,19,33-34H,4,7-8,11,14-15H2,1-3H3/t19-/m0/s1/i2D3,5D,6D,7D2,8D2,12D,15D2,19D/t19-,26?. The van der Waals surface area contributed by atoms with E-state index < -0.39 is 115 Å². The maximum Gasteiger partial charge on any atom is 0.586 e. The Balaban J connectivity index is 1.69. The molecular weight excluding hydrogens is 487 g/mol. The third-order valence-electron chi connectivity index (χ3n) is 6.49. The minimum atomic E-state index is -4.39. The molecule has 0 spiro atoms. The summed E-state index contributed by atoms with van der Waals surface area (Å²) in [6.07, 6.45) is -15.3. The van der Waals surface area contributed by atoms with E-state index in [0.717, 1.165) is 16.7 Å². The molecule has 9 heteroatoms. The van der Waals surface area contributed by atoms with E-state index in [1.807, 2.05) is 0 Å². The summed E-state index contributed by atoms with van der Waals surface area (Å²) in [5.74, 6) is -4.87. The first-order valence-corrected chi connectivity index (χ1v) is 11.2. The van der Waals surface area contributed by atoms with Gasteiger partial charge in [-0.05, 0) is 60.6 Å². The van der Waals surface area contributed by atoms with Crippen molar-refractivity contribution in [3.63, 3.8) is 0 Å². The summed E-state index contributed by atoms with van der Waals surface area (Å²) in [7, 11) is 0. The average molecular weight is 531 g/mol. The summed E-state index contributed by atoms with van der Waals surface area (Å²) in [6.45, 7) is -4.58. The van der Waals surface area contributed by atoms with Gasteiger partial charge in [-0.25, -0.2) is 4.39 Å². The van der Waals surface area contributed by atoms with E-state index >= 15 is 4.39 Å². The quantitative estimate of drug-likeness (QED) is 0.408. The summed E-state index contributed by atoms with van der Waals surface area (Å²) in [4.78, 5) is 14.1. The van der Waals surface area contributed by atoms with Crippen LogP contribution in [0.25, 0.3) is 10.9 Å². The number of carbonyl (C=O) groups is 1. The number of ether oxygens (including phenoxy) is 2. The zero-order chi connectivity index (χ0) is 38.2. The number of benzene rings is 2. The summed E-state index contributed by atoms with van der Waals surface area (Å²) < 4.78 is 159. The second kappa shape index (κ2) is 8.77. The number of aliphatic hydroxyl groups is 2. The number of rotatable bonds is 9. The second-order valence-electron chi connectivity index (χ2n) is 9.04. The van der Waals surface area contributed by atoms with Crippen molar-refractivity contribution in [2.45, 2.75) is 76.0 Å². The topological polar surface area (TPSA) is 80.9 Å². The Bertz CT molecular complexity index is 1930. The zero-order valence-corrected chi connectivity index (χ0v) is 19.6. The molecule has 0 saturated heterocycles. The lowest BCUT2D eigenvalue weighted by atomic mass is 9.86. The molecule has 0 amide bonds. The van der Waals surface area contributed by atoms with Gasteiger partial charge in [0.05, 0.1) is 38.3 Å². The van der Waals surface area contributed by atoms with Gasteiger partial charge in [0, 0.05) is 32.5 Å². The van der Waals surface area contributed by atoms with Crippen LogP contribution in [0.2, 0.25) is 0 Å². The van der Waals surface area contributed by atoms with E-state index in [1.165, 1.54) is 19.9 Å². The van der Waals surface area contributed by atoms with Crippen LogP contribution in [0.1, 0.15) is 74.5 Å². The van der Waals surface area contributed by atoms with Crippen molar-refractivity contribution < 1.29 is 55.5 Å². The lowest BCUT2D eigenvalue weighted by Crippen LogP contribution is -2.26. The third kappa shape index (κ3) is 4.48. The van der Waals surface area contributed by atoms with Gasteiger partial charge in [0.15, 0.2) is 11.5 Å². The maximum atomic E-state index is 15.9. The van der Waals surface area contributed by atoms with E-state index in [4.69, 9.17) is 17.8 Å². The van der Waals surface area contributed by atoms with Crippen LogP contribution in [0, 0.1) is 5.82 Å². The van der Waals surface area contributed by atoms with Crippen LogP contribution in [-0.4, -0.2) is 39.5 Å². The van der Waals surface area contributed by atoms with E-state index in [2.05, 4.69) is 9.47 Å². The van der Waals surface area contributed by atoms with Gasteiger partial charge < -0.3 is 24.3 Å². The highest BCUT2D eigenvalue weighted by molar-refractivity contribution is 5.95. The van der Waals surface area contributed by atoms with Gasteiger partial charge in [0.25, 0.3) is 0 Å². The van der Waals surface area contributed by atoms with Crippen LogP contribution in [-0.2, 0) is 28.6 Å². The molecule has 1 aliphatic heterocycles. The lowest BCUT2D eigenvalue weighted by Gasteiger charge is -2.26. The highest BCUT2D eigenvalue weighted by atomic mass is 19.3. The molecule has 3 aromatic rings. The van der Waals surface area contributed by atoms with Gasteiger partial charge in [-0.3, -0.25) is 4.79 Å². The van der Waals surface area contributed by atoms with Crippen molar-refractivity contribution in [3.05, 3.63) is 59.0 Å². The molecule has 2 atom stereocenters. The van der Waals surface area contributed by atoms with Crippen LogP contribution < -0.4 is 9.47 Å². The molecule has 1 saturated carbocycles. The molecule has 198 valence electrons. The fraction of sp³-hybridized carbons (Fsp3) is 0.464. The van der Waals surface area contributed by atoms with Gasteiger partial charge in [-0.1, -0.05) is 26.7 Å². The van der Waals surface area contributed by atoms with E-state index in [9.17, 15) is 23.8 Å². The van der Waals surface area contributed by atoms with Crippen molar-refractivity contribution in [3.8, 4) is 11.5 Å². The highest BCUT2D eigenvalue weighted by Crippen LogP contribution is 2.52. The molecule has 2 N–H and O–H groups in total. The maximum absolute atomic E-state index is 15.9. The highest BCUT2D eigenvalue weighted by Gasteiger charge is 2.52. The number of ketones is 1. The number of Topliss-reactive ketones (excluding diaryl/α,β-unsaturated/α-hetero) is 1. The van der Waals surface area contributed by atoms with E-state index in [-0.39, 0.29) is 23.0 Å². The predicted molar refractivity (Wildman–Crippen MR) is 131 cm³/mol. The van der Waals surface area contributed by atoms with Crippen LogP contribution in [0.4, 0.5) is 13.2 Å². The van der Waals surface area contributed by atoms with E-state index in [1.54, 1.807) is 0 Å². The van der Waals surface area contributed by atoms with Crippen molar-refractivity contribution in [2.75, 3.05) is 6.56 Å². The molecule has 5 rings (SSSR count). The molecule has 2 aromatic carbocycles. The zero-order valence-electron chi connectivity index (χ0n) is 32.6. The Kier molecular flexibility index (Phi) is 3.37. The predicted octanol–water partition coefficient (Wildman–Crippen LogP) is 4.99. The second-order valence-corrected chi connectivity index (χ2v) is 9.04. The minimum Gasteiger partial charge on any atom is -0.395 e. The smallest absolute Gasteiger partial charge is 0.395 e. The first-order valence-electron chi connectivity index (χ1n) is 17.7. The Morgan fingerprint density at radius 1 is 1.35 bits per heavy atom. The van der Waals surface area contributed by atoms with E-state index in [0.29, 0.717) is 0 Å². The van der Waals surface area contributed by atoms with Crippen LogP contribution in [0.5, 0.6) is 11.5 Å². The minimum absolute atomic E-state index is 0.0283. The molecular formula is C28H30F3NO5. The number of nitrogens with zero attached hydrogens (tertiary/aromatic N) is 1. The number of aromatic nitrogens is 1. The summed E-state index contributed by atoms with van der Waals surface area (Å²) in [5, 5.41) is 20.3. The number of hydrogen-bond acceptors (Lipinski definition) is 5. The molecule has 0 radical (unpaired) electrons. The fourth-order valence-corrected chi connectivity index (χ4v) is 4.20. The number of fused-ring (bicyclic) bond motifs is 2. The Labute approximate surface area is 230 Å². The van der Waals surface area contributed by atoms with Gasteiger partial charge in [-0.2, -0.15) is 0 Å². The summed E-state index contributed by atoms with van der Waals surface area (Å²) >= 11 is 0. The van der Waals surface area contributed by atoms with Gasteiger partial charge in [0.2, 0.25) is 0 Å². The fourth-order valence-electron chi connectivity index (χ4n) is 4.20. The summed E-state index contributed by atoms with van der Waals surface area (Å²) in [5.41, 5.74) is -6.85. The monoisotopic (exact) mass is 530 g/mol. The molecule has 0 bridgehead atoms. The molecule has 1 aliphatic carbocycles. The number of alkyl halides is 2. The van der Waals surface area contributed by atoms with Crippen molar-refractivity contribution in [1.82, 2.24) is 4.57 Å². The third-order valence-corrected chi connectivity index (χ3v) is 6.49. The number of halogens is 3. The molecule has 6 nitrogen and oxygen atoms in total. The van der Waals surface area contributed by atoms with Gasteiger partial charge in [0.1, 0.15) is 11.6 Å². The molecule has 1 aromatic heterocycles. The molecule has 2 heterocycles. The lowest BCUT2D eigenvalue weighted by molar-refractivity contribution is -0.286. The Morgan fingerprint density at radius 2 is 2.08 bits per heavy atom. The van der Waals surface area contributed by atoms with Crippen LogP contribution in [0.15, 0.2) is 36.3 Å². The normalized spacial score (nSPS) is 29.0. The molecule has 1 fully saturated rings. The first-order chi connectivity index (χ1) is 22.4. The molecule has 2 aliphatic rings. The van der Waals surface area contributed by atoms with Gasteiger partial charge in [-0.15, -0.1) is 8.78 Å². The molecule has 37 heavy (non-hydrogen) atoms. The Hall–Kier alpha value is -3.04. The molecule has 1 unspecified atom stereocenters. The largest absolute Gasteiger partial charge is 0.586 e. The number of hydrogen-bond donors (Lipinski definition) is 2. The first kappa shape index (κ1) is 14.2. The van der Waals surface area contributed by atoms with Crippen molar-refractivity contribution in [2.24, 2.45) is 0 Å². The number of carbonyl (C=O) groups excluding carboxylic acids is 1. The average Bonchev–Trinajstić information content (AvgIpc) is 3.27. The SMILES string of the molecule is [2H]c1c([2H])c(C2(C(=O)Cc3cc4cc(C(C)(CC)C([2H])([2H])[2H])n(C[C@]([2H])(O)C([2H])([2H])O)c4cc3F)C([2H])([2H])C2([2H])[2H])c([2H])c2c1OC(F)(F)O2. The van der Waals surface area contributed by atoms with Crippen molar-refractivity contribution in [1.29, 1.82) is 0 Å². The van der Waals surface area contributed by atoms with Gasteiger partial charge >= 0.3 is 6.29 Å². The van der Waals surface area contributed by atoms with Crippen molar-refractivity contribution >= 4 is 16.7 Å².